The third-order valence-electron chi connectivity index (χ3n) is 6.40. The standard InChI is InChI=1S/C25H28N2O5S/c1-33-11-10-22(24(29)30)27-23(28)15-12-16(13-15)26-25(31)32-14-21-19-8-4-2-6-17(19)18-7-3-5-9-20(18)21/h2-9,15-16,21-22H,10-14H2,1H3,(H,26,31)(H,27,28)(H,29,30)/t15?,16?,22-/m1/s1. The summed E-state index contributed by atoms with van der Waals surface area (Å²) in [6, 6.07) is 15.3. The lowest BCUT2D eigenvalue weighted by atomic mass is 9.79. The third-order valence-corrected chi connectivity index (χ3v) is 7.04. The third kappa shape index (κ3) is 5.16. The minimum absolute atomic E-state index is 0.00250. The van der Waals surface area contributed by atoms with Gasteiger partial charge in [-0.15, -0.1) is 0 Å². The Hall–Kier alpha value is -3.00. The number of amides is 2. The minimum atomic E-state index is -1.02. The van der Waals surface area contributed by atoms with Crippen LogP contribution in [0.4, 0.5) is 4.79 Å². The fourth-order valence-corrected chi connectivity index (χ4v) is 5.01. The van der Waals surface area contributed by atoms with Gasteiger partial charge in [-0.2, -0.15) is 11.8 Å². The van der Waals surface area contributed by atoms with Crippen molar-refractivity contribution in [1.29, 1.82) is 0 Å². The second-order valence-electron chi connectivity index (χ2n) is 8.52. The number of nitrogens with one attached hydrogen (secondary N) is 2. The predicted octanol–water partition coefficient (Wildman–Crippen LogP) is 3.63. The topological polar surface area (TPSA) is 105 Å². The van der Waals surface area contributed by atoms with Gasteiger partial charge in [0.25, 0.3) is 0 Å². The molecule has 1 fully saturated rings. The number of hydrogen-bond donors (Lipinski definition) is 3. The van der Waals surface area contributed by atoms with Crippen LogP contribution in [0.2, 0.25) is 0 Å². The molecule has 0 aliphatic heterocycles. The predicted molar refractivity (Wildman–Crippen MR) is 127 cm³/mol. The summed E-state index contributed by atoms with van der Waals surface area (Å²) in [5, 5.41) is 14.7. The van der Waals surface area contributed by atoms with Gasteiger partial charge in [-0.05, 0) is 53.5 Å². The van der Waals surface area contributed by atoms with E-state index < -0.39 is 18.1 Å². The van der Waals surface area contributed by atoms with Crippen molar-refractivity contribution in [2.75, 3.05) is 18.6 Å². The molecule has 8 heteroatoms. The van der Waals surface area contributed by atoms with Crippen LogP contribution in [0.15, 0.2) is 48.5 Å². The van der Waals surface area contributed by atoms with Gasteiger partial charge >= 0.3 is 12.1 Å². The summed E-state index contributed by atoms with van der Waals surface area (Å²) >= 11 is 1.54. The van der Waals surface area contributed by atoms with E-state index in [9.17, 15) is 19.5 Å². The summed E-state index contributed by atoms with van der Waals surface area (Å²) < 4.78 is 5.55. The molecule has 3 N–H and O–H groups in total. The maximum absolute atomic E-state index is 12.4. The zero-order valence-corrected chi connectivity index (χ0v) is 19.3. The van der Waals surface area contributed by atoms with Crippen LogP contribution in [0.25, 0.3) is 11.1 Å². The number of carbonyl (C=O) groups is 3. The molecule has 2 aliphatic carbocycles. The highest BCUT2D eigenvalue weighted by atomic mass is 32.2. The number of hydrogen-bond acceptors (Lipinski definition) is 5. The van der Waals surface area contributed by atoms with Gasteiger partial charge in [0.1, 0.15) is 12.6 Å². The number of carbonyl (C=O) groups excluding carboxylic acids is 2. The summed E-state index contributed by atoms with van der Waals surface area (Å²) in [5.41, 5.74) is 4.65. The molecule has 0 spiro atoms. The summed E-state index contributed by atoms with van der Waals surface area (Å²) in [5.74, 6) is -0.926. The van der Waals surface area contributed by atoms with Crippen LogP contribution in [0.5, 0.6) is 0 Å². The van der Waals surface area contributed by atoms with E-state index in [2.05, 4.69) is 34.9 Å². The highest BCUT2D eigenvalue weighted by Crippen LogP contribution is 2.44. The van der Waals surface area contributed by atoms with Gasteiger partial charge in [-0.1, -0.05) is 48.5 Å². The quantitative estimate of drug-likeness (QED) is 0.519. The first-order valence-corrected chi connectivity index (χ1v) is 12.5. The molecule has 0 bridgehead atoms. The van der Waals surface area contributed by atoms with Crippen molar-refractivity contribution in [1.82, 2.24) is 10.6 Å². The highest BCUT2D eigenvalue weighted by Gasteiger charge is 2.37. The van der Waals surface area contributed by atoms with E-state index in [1.54, 1.807) is 0 Å². The Morgan fingerprint density at radius 3 is 2.24 bits per heavy atom. The Morgan fingerprint density at radius 1 is 1.06 bits per heavy atom. The van der Waals surface area contributed by atoms with E-state index in [4.69, 9.17) is 4.74 Å². The minimum Gasteiger partial charge on any atom is -0.480 e. The van der Waals surface area contributed by atoms with E-state index in [0.717, 1.165) is 11.1 Å². The van der Waals surface area contributed by atoms with Gasteiger partial charge in [0.05, 0.1) is 0 Å². The second kappa shape index (κ2) is 10.3. The molecule has 0 radical (unpaired) electrons. The second-order valence-corrected chi connectivity index (χ2v) is 9.50. The number of rotatable bonds is 9. The fourth-order valence-electron chi connectivity index (χ4n) is 4.54. The summed E-state index contributed by atoms with van der Waals surface area (Å²) in [6.07, 6.45) is 2.74. The van der Waals surface area contributed by atoms with Crippen LogP contribution in [0.3, 0.4) is 0 Å². The molecule has 0 aromatic heterocycles. The molecule has 0 unspecified atom stereocenters. The number of thioether (sulfide) groups is 1. The van der Waals surface area contributed by atoms with Gasteiger partial charge in [-0.3, -0.25) is 4.79 Å². The van der Waals surface area contributed by atoms with Crippen molar-refractivity contribution in [3.05, 3.63) is 59.7 Å². The van der Waals surface area contributed by atoms with Gasteiger partial charge in [-0.25, -0.2) is 9.59 Å². The molecule has 33 heavy (non-hydrogen) atoms. The molecule has 7 nitrogen and oxygen atoms in total. The molecule has 174 valence electrons. The lowest BCUT2D eigenvalue weighted by Gasteiger charge is -2.35. The van der Waals surface area contributed by atoms with Gasteiger partial charge in [0.15, 0.2) is 0 Å². The van der Waals surface area contributed by atoms with E-state index in [1.165, 1.54) is 22.9 Å². The molecule has 0 saturated heterocycles. The van der Waals surface area contributed by atoms with Crippen molar-refractivity contribution < 1.29 is 24.2 Å². The average Bonchev–Trinajstić information content (AvgIpc) is 3.10. The SMILES string of the molecule is CSCC[C@@H](NC(=O)C1CC(NC(=O)OCC2c3ccccc3-c3ccccc32)C1)C(=O)O. The summed E-state index contributed by atoms with van der Waals surface area (Å²) in [7, 11) is 0. The Kier molecular flexibility index (Phi) is 7.23. The first-order chi connectivity index (χ1) is 16.0. The van der Waals surface area contributed by atoms with E-state index >= 15 is 0 Å². The Labute approximate surface area is 197 Å². The zero-order chi connectivity index (χ0) is 23.4. The first kappa shape index (κ1) is 23.2. The molecule has 2 aromatic carbocycles. The largest absolute Gasteiger partial charge is 0.480 e. The lowest BCUT2D eigenvalue weighted by Crippen LogP contribution is -2.52. The van der Waals surface area contributed by atoms with Crippen molar-refractivity contribution in [3.8, 4) is 11.1 Å². The number of carboxylic acid groups (broad SMARTS) is 1. The van der Waals surface area contributed by atoms with Gasteiger partial charge in [0, 0.05) is 17.9 Å². The lowest BCUT2D eigenvalue weighted by molar-refractivity contribution is -0.143. The van der Waals surface area contributed by atoms with Crippen molar-refractivity contribution in [2.24, 2.45) is 5.92 Å². The fraction of sp³-hybridized carbons (Fsp3) is 0.400. The van der Waals surface area contributed by atoms with Crippen molar-refractivity contribution >= 4 is 29.7 Å². The molecule has 2 aromatic rings. The molecular formula is C25H28N2O5S. The zero-order valence-electron chi connectivity index (χ0n) is 18.5. The molecule has 2 amide bonds. The van der Waals surface area contributed by atoms with Crippen molar-refractivity contribution in [2.45, 2.75) is 37.3 Å². The van der Waals surface area contributed by atoms with Gasteiger partial charge in [0.2, 0.25) is 5.91 Å². The number of ether oxygens (including phenoxy) is 1. The number of aliphatic carboxylic acids is 1. The Bertz CT molecular complexity index is 991. The van der Waals surface area contributed by atoms with E-state index in [1.807, 2.05) is 30.5 Å². The van der Waals surface area contributed by atoms with Crippen LogP contribution >= 0.6 is 11.8 Å². The van der Waals surface area contributed by atoms with E-state index in [0.29, 0.717) is 25.0 Å². The maximum atomic E-state index is 12.4. The normalized spacial score (nSPS) is 19.5. The molecule has 4 rings (SSSR count). The summed E-state index contributed by atoms with van der Waals surface area (Å²) in [6.45, 7) is 0.242. The molecule has 1 saturated carbocycles. The highest BCUT2D eigenvalue weighted by molar-refractivity contribution is 7.98. The van der Waals surface area contributed by atoms with Crippen LogP contribution in [-0.2, 0) is 14.3 Å². The van der Waals surface area contributed by atoms with E-state index in [-0.39, 0.29) is 30.4 Å². The number of carboxylic acids is 1. The molecular weight excluding hydrogens is 440 g/mol. The number of benzene rings is 2. The first-order valence-electron chi connectivity index (χ1n) is 11.1. The van der Waals surface area contributed by atoms with Crippen LogP contribution in [0, 0.1) is 5.92 Å². The maximum Gasteiger partial charge on any atom is 0.407 e. The number of fused-ring (bicyclic) bond motifs is 3. The van der Waals surface area contributed by atoms with Crippen molar-refractivity contribution in [3.63, 3.8) is 0 Å². The van der Waals surface area contributed by atoms with Gasteiger partial charge < -0.3 is 20.5 Å². The molecule has 0 heterocycles. The Balaban J connectivity index is 1.24. The van der Waals surface area contributed by atoms with Crippen LogP contribution < -0.4 is 10.6 Å². The molecule has 1 atom stereocenters. The number of alkyl carbamates (subject to hydrolysis) is 1. The smallest absolute Gasteiger partial charge is 0.407 e. The van der Waals surface area contributed by atoms with Crippen LogP contribution in [-0.4, -0.2) is 53.8 Å². The average molecular weight is 469 g/mol. The van der Waals surface area contributed by atoms with Crippen LogP contribution in [0.1, 0.15) is 36.3 Å². The summed E-state index contributed by atoms with van der Waals surface area (Å²) in [4.78, 5) is 36.0. The Morgan fingerprint density at radius 2 is 1.67 bits per heavy atom. The monoisotopic (exact) mass is 468 g/mol. The molecule has 2 aliphatic rings.